The third-order valence-corrected chi connectivity index (χ3v) is 3.30. The van der Waals surface area contributed by atoms with Crippen LogP contribution in [0.15, 0.2) is 24.0 Å². The number of aromatic nitrogens is 3. The number of thiazole rings is 1. The lowest BCUT2D eigenvalue weighted by Gasteiger charge is -2.10. The summed E-state index contributed by atoms with van der Waals surface area (Å²) in [5.74, 6) is 0.637. The molecule has 15 heavy (non-hydrogen) atoms. The molecule has 0 saturated heterocycles. The van der Waals surface area contributed by atoms with E-state index in [4.69, 9.17) is 0 Å². The van der Waals surface area contributed by atoms with Crippen LogP contribution in [0.2, 0.25) is 0 Å². The zero-order chi connectivity index (χ0) is 10.7. The van der Waals surface area contributed by atoms with Crippen LogP contribution in [-0.2, 0) is 0 Å². The molecule has 2 aromatic heterocycles. The number of anilines is 1. The summed E-state index contributed by atoms with van der Waals surface area (Å²) in [6.45, 7) is 2.04. The molecule has 1 N–H and O–H groups in total. The first-order valence-corrected chi connectivity index (χ1v) is 6.35. The highest BCUT2D eigenvalue weighted by atomic mass is 127. The number of hydrogen-bond acceptors (Lipinski definition) is 5. The summed E-state index contributed by atoms with van der Waals surface area (Å²) in [5, 5.41) is 6.19. The van der Waals surface area contributed by atoms with E-state index < -0.39 is 0 Å². The van der Waals surface area contributed by atoms with Gasteiger partial charge in [-0.1, -0.05) is 0 Å². The highest BCUT2D eigenvalue weighted by molar-refractivity contribution is 14.1. The molecule has 2 aromatic rings. The van der Waals surface area contributed by atoms with Gasteiger partial charge in [0, 0.05) is 27.5 Å². The molecule has 0 aliphatic heterocycles. The Hall–Kier alpha value is -0.760. The molecule has 0 spiro atoms. The predicted molar refractivity (Wildman–Crippen MR) is 68.9 cm³/mol. The average molecular weight is 332 g/mol. The van der Waals surface area contributed by atoms with Crippen molar-refractivity contribution in [1.82, 2.24) is 15.0 Å². The molecule has 78 valence electrons. The predicted octanol–water partition coefficient (Wildman–Crippen LogP) is 2.71. The zero-order valence-corrected chi connectivity index (χ0v) is 11.0. The molecule has 0 radical (unpaired) electrons. The van der Waals surface area contributed by atoms with Crippen molar-refractivity contribution in [3.05, 3.63) is 32.5 Å². The molecule has 0 fully saturated rings. The molecule has 2 heterocycles. The van der Waals surface area contributed by atoms with E-state index >= 15 is 0 Å². The summed E-state index contributed by atoms with van der Waals surface area (Å²) in [4.78, 5) is 12.6. The van der Waals surface area contributed by atoms with Crippen LogP contribution in [0, 0.1) is 3.57 Å². The second-order valence-electron chi connectivity index (χ2n) is 2.96. The Labute approximate surface area is 105 Å². The highest BCUT2D eigenvalue weighted by Gasteiger charge is 2.08. The highest BCUT2D eigenvalue weighted by Crippen LogP contribution is 2.18. The molecular weight excluding hydrogens is 323 g/mol. The first-order valence-electron chi connectivity index (χ1n) is 4.39. The van der Waals surface area contributed by atoms with E-state index in [1.54, 1.807) is 29.9 Å². The summed E-state index contributed by atoms with van der Waals surface area (Å²) >= 11 is 3.80. The minimum Gasteiger partial charge on any atom is -0.345 e. The number of hydrogen-bond donors (Lipinski definition) is 1. The SMILES string of the molecule is CC(Nc1ncc(I)cn1)c1nccs1. The largest absolute Gasteiger partial charge is 0.345 e. The maximum absolute atomic E-state index is 4.23. The maximum atomic E-state index is 4.23. The van der Waals surface area contributed by atoms with Crippen molar-refractivity contribution < 1.29 is 0 Å². The van der Waals surface area contributed by atoms with E-state index in [1.807, 2.05) is 12.3 Å². The van der Waals surface area contributed by atoms with Gasteiger partial charge < -0.3 is 5.32 Å². The molecule has 1 atom stereocenters. The van der Waals surface area contributed by atoms with Crippen LogP contribution < -0.4 is 5.32 Å². The van der Waals surface area contributed by atoms with E-state index in [0.717, 1.165) is 8.58 Å². The van der Waals surface area contributed by atoms with Gasteiger partial charge in [-0.15, -0.1) is 11.3 Å². The topological polar surface area (TPSA) is 50.7 Å². The summed E-state index contributed by atoms with van der Waals surface area (Å²) in [7, 11) is 0. The van der Waals surface area contributed by atoms with Gasteiger partial charge in [-0.3, -0.25) is 0 Å². The second-order valence-corrected chi connectivity index (χ2v) is 5.13. The standard InChI is InChI=1S/C9H9IN4S/c1-6(8-11-2-3-15-8)14-9-12-4-7(10)5-13-9/h2-6H,1H3,(H,12,13,14). The van der Waals surface area contributed by atoms with Crippen LogP contribution in [0.4, 0.5) is 5.95 Å². The van der Waals surface area contributed by atoms with E-state index in [0.29, 0.717) is 5.95 Å². The number of nitrogens with zero attached hydrogens (tertiary/aromatic N) is 3. The number of rotatable bonds is 3. The van der Waals surface area contributed by atoms with Gasteiger partial charge in [0.2, 0.25) is 5.95 Å². The molecule has 2 rings (SSSR count). The molecule has 1 unspecified atom stereocenters. The lowest BCUT2D eigenvalue weighted by molar-refractivity contribution is 0.847. The first kappa shape index (κ1) is 10.7. The van der Waals surface area contributed by atoms with Crippen molar-refractivity contribution in [3.63, 3.8) is 0 Å². The summed E-state index contributed by atoms with van der Waals surface area (Å²) in [5.41, 5.74) is 0. The van der Waals surface area contributed by atoms with Crippen molar-refractivity contribution in [2.24, 2.45) is 0 Å². The fourth-order valence-electron chi connectivity index (χ4n) is 1.09. The van der Waals surface area contributed by atoms with Crippen LogP contribution in [-0.4, -0.2) is 15.0 Å². The van der Waals surface area contributed by atoms with Crippen LogP contribution in [0.5, 0.6) is 0 Å². The van der Waals surface area contributed by atoms with Crippen LogP contribution in [0.3, 0.4) is 0 Å². The smallest absolute Gasteiger partial charge is 0.223 e. The first-order chi connectivity index (χ1) is 7.25. The Balaban J connectivity index is 2.06. The summed E-state index contributed by atoms with van der Waals surface area (Å²) < 4.78 is 1.03. The Morgan fingerprint density at radius 1 is 1.33 bits per heavy atom. The number of halogens is 1. The van der Waals surface area contributed by atoms with Gasteiger partial charge in [0.1, 0.15) is 5.01 Å². The third-order valence-electron chi connectivity index (χ3n) is 1.79. The van der Waals surface area contributed by atoms with Crippen LogP contribution in [0.25, 0.3) is 0 Å². The molecule has 0 bridgehead atoms. The molecule has 0 amide bonds. The summed E-state index contributed by atoms with van der Waals surface area (Å²) in [6.07, 6.45) is 5.36. The molecule has 4 nitrogen and oxygen atoms in total. The maximum Gasteiger partial charge on any atom is 0.223 e. The van der Waals surface area contributed by atoms with E-state index in [2.05, 4.69) is 42.9 Å². The van der Waals surface area contributed by atoms with Crippen LogP contribution in [0.1, 0.15) is 18.0 Å². The number of nitrogens with one attached hydrogen (secondary N) is 1. The Kier molecular flexibility index (Phi) is 3.47. The molecule has 0 saturated carbocycles. The van der Waals surface area contributed by atoms with Gasteiger partial charge in [-0.25, -0.2) is 15.0 Å². The minimum absolute atomic E-state index is 0.144. The lowest BCUT2D eigenvalue weighted by atomic mass is 10.4. The van der Waals surface area contributed by atoms with Crippen LogP contribution >= 0.6 is 33.9 Å². The lowest BCUT2D eigenvalue weighted by Crippen LogP contribution is -2.08. The minimum atomic E-state index is 0.144. The van der Waals surface area contributed by atoms with Crippen molar-refractivity contribution in [2.45, 2.75) is 13.0 Å². The van der Waals surface area contributed by atoms with Gasteiger partial charge in [0.25, 0.3) is 0 Å². The molecular formula is C9H9IN4S. The van der Waals surface area contributed by atoms with Gasteiger partial charge in [0.05, 0.1) is 6.04 Å². The van der Waals surface area contributed by atoms with Gasteiger partial charge in [-0.2, -0.15) is 0 Å². The van der Waals surface area contributed by atoms with Crippen molar-refractivity contribution in [2.75, 3.05) is 5.32 Å². The van der Waals surface area contributed by atoms with Gasteiger partial charge in [-0.05, 0) is 29.5 Å². The molecule has 6 heteroatoms. The van der Waals surface area contributed by atoms with Gasteiger partial charge in [0.15, 0.2) is 0 Å². The Morgan fingerprint density at radius 2 is 2.07 bits per heavy atom. The monoisotopic (exact) mass is 332 g/mol. The third kappa shape index (κ3) is 2.85. The quantitative estimate of drug-likeness (QED) is 0.878. The average Bonchev–Trinajstić information content (AvgIpc) is 2.74. The fraction of sp³-hybridized carbons (Fsp3) is 0.222. The van der Waals surface area contributed by atoms with E-state index in [1.165, 1.54) is 0 Å². The molecule has 0 aliphatic rings. The Morgan fingerprint density at radius 3 is 2.67 bits per heavy atom. The molecule has 0 aliphatic carbocycles. The Bertz CT molecular complexity index is 414. The normalized spacial score (nSPS) is 12.4. The van der Waals surface area contributed by atoms with Crippen molar-refractivity contribution >= 4 is 39.9 Å². The second kappa shape index (κ2) is 4.84. The zero-order valence-electron chi connectivity index (χ0n) is 8.01. The van der Waals surface area contributed by atoms with Crippen molar-refractivity contribution in [3.8, 4) is 0 Å². The van der Waals surface area contributed by atoms with E-state index in [-0.39, 0.29) is 6.04 Å². The van der Waals surface area contributed by atoms with E-state index in [9.17, 15) is 0 Å². The van der Waals surface area contributed by atoms with Crippen molar-refractivity contribution in [1.29, 1.82) is 0 Å². The summed E-state index contributed by atoms with van der Waals surface area (Å²) in [6, 6.07) is 0.144. The van der Waals surface area contributed by atoms with Gasteiger partial charge >= 0.3 is 0 Å². The fourth-order valence-corrected chi connectivity index (χ4v) is 2.01. The molecule has 0 aromatic carbocycles.